The number of thioether (sulfide) groups is 1. The lowest BCUT2D eigenvalue weighted by Gasteiger charge is -2.14. The summed E-state index contributed by atoms with van der Waals surface area (Å²) in [7, 11) is 1.60. The molecule has 0 saturated heterocycles. The topological polar surface area (TPSA) is 81.9 Å². The van der Waals surface area contributed by atoms with Crippen molar-refractivity contribution < 1.29 is 9.53 Å². The van der Waals surface area contributed by atoms with Crippen LogP contribution in [0.1, 0.15) is 24.1 Å². The molecule has 3 rings (SSSR count). The van der Waals surface area contributed by atoms with E-state index in [4.69, 9.17) is 4.74 Å². The van der Waals surface area contributed by atoms with Crippen LogP contribution in [0.3, 0.4) is 0 Å². The predicted octanol–water partition coefficient (Wildman–Crippen LogP) is 2.95. The molecule has 0 unspecified atom stereocenters. The first-order valence-electron chi connectivity index (χ1n) is 8.49. The van der Waals surface area contributed by atoms with E-state index in [2.05, 4.69) is 20.8 Å². The van der Waals surface area contributed by atoms with E-state index < -0.39 is 0 Å². The number of rotatable bonds is 7. The minimum absolute atomic E-state index is 0.0628. The first-order valence-corrected chi connectivity index (χ1v) is 9.47. The van der Waals surface area contributed by atoms with E-state index >= 15 is 0 Å². The molecule has 1 atom stereocenters. The molecule has 140 valence electrons. The Morgan fingerprint density at radius 1 is 1.26 bits per heavy atom. The lowest BCUT2D eigenvalue weighted by molar-refractivity contribution is -0.119. The van der Waals surface area contributed by atoms with Gasteiger partial charge in [-0.15, -0.1) is 5.10 Å². The van der Waals surface area contributed by atoms with Crippen LogP contribution in [0, 0.1) is 6.92 Å². The van der Waals surface area contributed by atoms with Crippen LogP contribution in [0.25, 0.3) is 5.69 Å². The average molecular weight is 383 g/mol. The number of aromatic nitrogens is 4. The van der Waals surface area contributed by atoms with Gasteiger partial charge in [0, 0.05) is 0 Å². The number of ether oxygens (including phenoxy) is 1. The van der Waals surface area contributed by atoms with Gasteiger partial charge in [0.05, 0.1) is 18.9 Å². The average Bonchev–Trinajstić information content (AvgIpc) is 3.15. The lowest BCUT2D eigenvalue weighted by Crippen LogP contribution is -2.28. The molecule has 0 spiro atoms. The van der Waals surface area contributed by atoms with Crippen LogP contribution in [0.15, 0.2) is 53.7 Å². The van der Waals surface area contributed by atoms with Crippen molar-refractivity contribution in [2.24, 2.45) is 0 Å². The summed E-state index contributed by atoms with van der Waals surface area (Å²) >= 11 is 1.28. The van der Waals surface area contributed by atoms with E-state index in [-0.39, 0.29) is 17.7 Å². The van der Waals surface area contributed by atoms with Gasteiger partial charge in [0.2, 0.25) is 11.1 Å². The highest BCUT2D eigenvalue weighted by atomic mass is 32.2. The van der Waals surface area contributed by atoms with Crippen LogP contribution in [0.2, 0.25) is 0 Å². The molecule has 1 aromatic heterocycles. The van der Waals surface area contributed by atoms with Crippen LogP contribution < -0.4 is 10.1 Å². The summed E-state index contributed by atoms with van der Waals surface area (Å²) in [6, 6.07) is 15.5. The summed E-state index contributed by atoms with van der Waals surface area (Å²) in [5, 5.41) is 15.3. The Labute approximate surface area is 162 Å². The second-order valence-corrected chi connectivity index (χ2v) is 6.98. The van der Waals surface area contributed by atoms with Crippen molar-refractivity contribution in [3.63, 3.8) is 0 Å². The zero-order valence-corrected chi connectivity index (χ0v) is 16.2. The molecular weight excluding hydrogens is 362 g/mol. The Morgan fingerprint density at radius 3 is 2.78 bits per heavy atom. The molecule has 0 saturated carbocycles. The van der Waals surface area contributed by atoms with E-state index in [1.807, 2.05) is 62.4 Å². The van der Waals surface area contributed by atoms with Crippen molar-refractivity contribution in [1.82, 2.24) is 25.5 Å². The van der Waals surface area contributed by atoms with Crippen LogP contribution in [0.5, 0.6) is 5.75 Å². The number of nitrogens with one attached hydrogen (secondary N) is 1. The molecule has 0 radical (unpaired) electrons. The fourth-order valence-electron chi connectivity index (χ4n) is 2.62. The SMILES string of the molecule is COc1ccc(C)cc1-n1nnnc1SCC(=O)N[C@@H](C)c1ccccc1. The molecule has 0 aliphatic rings. The molecule has 2 aromatic carbocycles. The molecule has 3 aromatic rings. The number of aryl methyl sites for hydroxylation is 1. The number of amides is 1. The maximum atomic E-state index is 12.3. The number of methoxy groups -OCH3 is 1. The lowest BCUT2D eigenvalue weighted by atomic mass is 10.1. The molecule has 1 heterocycles. The first-order chi connectivity index (χ1) is 13.1. The van der Waals surface area contributed by atoms with Gasteiger partial charge >= 0.3 is 0 Å². The number of benzene rings is 2. The predicted molar refractivity (Wildman–Crippen MR) is 104 cm³/mol. The fraction of sp³-hybridized carbons (Fsp3) is 0.263. The molecule has 0 fully saturated rings. The summed E-state index contributed by atoms with van der Waals surface area (Å²) in [6.07, 6.45) is 0. The van der Waals surface area contributed by atoms with Gasteiger partial charge in [-0.05, 0) is 47.5 Å². The van der Waals surface area contributed by atoms with Gasteiger partial charge in [-0.2, -0.15) is 4.68 Å². The van der Waals surface area contributed by atoms with Gasteiger partial charge in [-0.1, -0.05) is 48.2 Å². The van der Waals surface area contributed by atoms with Crippen LogP contribution >= 0.6 is 11.8 Å². The summed E-state index contributed by atoms with van der Waals surface area (Å²) in [6.45, 7) is 3.94. The van der Waals surface area contributed by atoms with Crippen LogP contribution in [0.4, 0.5) is 0 Å². The van der Waals surface area contributed by atoms with Crippen molar-refractivity contribution in [3.05, 3.63) is 59.7 Å². The molecule has 7 nitrogen and oxygen atoms in total. The van der Waals surface area contributed by atoms with Gasteiger partial charge in [-0.3, -0.25) is 4.79 Å². The molecule has 0 aliphatic carbocycles. The summed E-state index contributed by atoms with van der Waals surface area (Å²) in [4.78, 5) is 12.3. The smallest absolute Gasteiger partial charge is 0.230 e. The highest BCUT2D eigenvalue weighted by Crippen LogP contribution is 2.27. The zero-order chi connectivity index (χ0) is 19.2. The second kappa shape index (κ2) is 8.68. The number of carbonyl (C=O) groups excluding carboxylic acids is 1. The van der Waals surface area contributed by atoms with Crippen molar-refractivity contribution in [3.8, 4) is 11.4 Å². The Hall–Kier alpha value is -2.87. The Balaban J connectivity index is 1.67. The number of hydrogen-bond acceptors (Lipinski definition) is 6. The Morgan fingerprint density at radius 2 is 2.04 bits per heavy atom. The minimum Gasteiger partial charge on any atom is -0.494 e. The molecule has 0 bridgehead atoms. The summed E-state index contributed by atoms with van der Waals surface area (Å²) in [5.74, 6) is 0.796. The van der Waals surface area contributed by atoms with E-state index in [1.165, 1.54) is 11.8 Å². The quantitative estimate of drug-likeness (QED) is 0.632. The van der Waals surface area contributed by atoms with E-state index in [0.29, 0.717) is 10.9 Å². The normalized spacial score (nSPS) is 11.8. The molecular formula is C19H21N5O2S. The highest BCUT2D eigenvalue weighted by molar-refractivity contribution is 7.99. The fourth-order valence-corrected chi connectivity index (χ4v) is 3.32. The largest absolute Gasteiger partial charge is 0.494 e. The monoisotopic (exact) mass is 383 g/mol. The summed E-state index contributed by atoms with van der Waals surface area (Å²) in [5.41, 5.74) is 2.86. The number of tetrazole rings is 1. The van der Waals surface area contributed by atoms with Gasteiger partial charge in [-0.25, -0.2) is 0 Å². The van der Waals surface area contributed by atoms with Gasteiger partial charge in [0.15, 0.2) is 0 Å². The minimum atomic E-state index is -0.0814. The van der Waals surface area contributed by atoms with Crippen molar-refractivity contribution in [2.45, 2.75) is 25.0 Å². The van der Waals surface area contributed by atoms with Gasteiger partial charge in [0.25, 0.3) is 0 Å². The maximum absolute atomic E-state index is 12.3. The molecule has 1 N–H and O–H groups in total. The van der Waals surface area contributed by atoms with Crippen molar-refractivity contribution in [1.29, 1.82) is 0 Å². The number of hydrogen-bond donors (Lipinski definition) is 1. The highest BCUT2D eigenvalue weighted by Gasteiger charge is 2.16. The van der Waals surface area contributed by atoms with Gasteiger partial charge < -0.3 is 10.1 Å². The van der Waals surface area contributed by atoms with Crippen LogP contribution in [-0.4, -0.2) is 39.0 Å². The van der Waals surface area contributed by atoms with Gasteiger partial charge in [0.1, 0.15) is 11.4 Å². The zero-order valence-electron chi connectivity index (χ0n) is 15.4. The van der Waals surface area contributed by atoms with Crippen molar-refractivity contribution in [2.75, 3.05) is 12.9 Å². The van der Waals surface area contributed by atoms with E-state index in [0.717, 1.165) is 16.8 Å². The standard InChI is InChI=1S/C19H21N5O2S/c1-13-9-10-17(26-3)16(11-13)24-19(21-22-23-24)27-12-18(25)20-14(2)15-7-5-4-6-8-15/h4-11,14H,12H2,1-3H3,(H,20,25)/t14-/m0/s1. The summed E-state index contributed by atoms with van der Waals surface area (Å²) < 4.78 is 6.99. The number of carbonyl (C=O) groups is 1. The Bertz CT molecular complexity index is 913. The third-order valence-electron chi connectivity index (χ3n) is 4.01. The third-order valence-corrected chi connectivity index (χ3v) is 4.93. The second-order valence-electron chi connectivity index (χ2n) is 6.04. The molecule has 1 amide bonds. The third kappa shape index (κ3) is 4.65. The van der Waals surface area contributed by atoms with Crippen molar-refractivity contribution >= 4 is 17.7 Å². The van der Waals surface area contributed by atoms with Crippen LogP contribution in [-0.2, 0) is 4.79 Å². The maximum Gasteiger partial charge on any atom is 0.230 e. The molecule has 8 heteroatoms. The number of nitrogens with zero attached hydrogens (tertiary/aromatic N) is 4. The van der Waals surface area contributed by atoms with E-state index in [9.17, 15) is 4.79 Å². The first kappa shape index (κ1) is 18.9. The Kier molecular flexibility index (Phi) is 6.08. The van der Waals surface area contributed by atoms with E-state index in [1.54, 1.807) is 11.8 Å². The molecule has 27 heavy (non-hydrogen) atoms. The molecule has 0 aliphatic heterocycles.